The minimum absolute atomic E-state index is 0.131. The predicted molar refractivity (Wildman–Crippen MR) is 72.9 cm³/mol. The van der Waals surface area contributed by atoms with Crippen molar-refractivity contribution in [2.24, 2.45) is 5.73 Å². The third kappa shape index (κ3) is 2.15. The van der Waals surface area contributed by atoms with E-state index in [0.29, 0.717) is 18.7 Å². The summed E-state index contributed by atoms with van der Waals surface area (Å²) in [5, 5.41) is 4.30. The van der Waals surface area contributed by atoms with Gasteiger partial charge in [0.1, 0.15) is 0 Å². The molecule has 2 heterocycles. The van der Waals surface area contributed by atoms with Gasteiger partial charge in [0.15, 0.2) is 5.65 Å². The summed E-state index contributed by atoms with van der Waals surface area (Å²) in [6.07, 6.45) is 1.72. The molecular formula is C14H14N4O. The summed E-state index contributed by atoms with van der Waals surface area (Å²) in [4.78, 5) is 12.1. The zero-order valence-corrected chi connectivity index (χ0v) is 10.4. The smallest absolute Gasteiger partial charge is 0.326 e. The number of fused-ring (bicyclic) bond motifs is 1. The first kappa shape index (κ1) is 11.7. The Hall–Kier alpha value is -2.40. The fraction of sp³-hybridized carbons (Fsp3) is 0.143. The Labute approximate surface area is 109 Å². The molecule has 2 N–H and O–H groups in total. The van der Waals surface area contributed by atoms with Crippen LogP contribution in [0.3, 0.4) is 0 Å². The van der Waals surface area contributed by atoms with Crippen LogP contribution in [0, 0.1) is 0 Å². The molecule has 0 unspecified atom stereocenters. The third-order valence-electron chi connectivity index (χ3n) is 3.05. The normalized spacial score (nSPS) is 11.0. The first-order chi connectivity index (χ1) is 9.28. The summed E-state index contributed by atoms with van der Waals surface area (Å²) in [5.41, 5.74) is 8.21. The van der Waals surface area contributed by atoms with E-state index in [0.717, 1.165) is 11.1 Å². The molecule has 0 radical (unpaired) electrons. The quantitative estimate of drug-likeness (QED) is 0.758. The summed E-state index contributed by atoms with van der Waals surface area (Å²) in [5.74, 6) is 0. The molecule has 0 atom stereocenters. The maximum atomic E-state index is 12.1. The van der Waals surface area contributed by atoms with Crippen molar-refractivity contribution in [3.8, 4) is 0 Å². The molecule has 96 valence electrons. The molecule has 0 spiro atoms. The third-order valence-corrected chi connectivity index (χ3v) is 3.05. The summed E-state index contributed by atoms with van der Waals surface area (Å²) >= 11 is 0. The first-order valence-corrected chi connectivity index (χ1v) is 6.10. The van der Waals surface area contributed by atoms with Gasteiger partial charge in [-0.05, 0) is 23.3 Å². The van der Waals surface area contributed by atoms with Crippen molar-refractivity contribution in [2.75, 3.05) is 0 Å². The molecule has 1 aromatic carbocycles. The summed E-state index contributed by atoms with van der Waals surface area (Å²) in [6, 6.07) is 13.4. The first-order valence-electron chi connectivity index (χ1n) is 6.10. The maximum absolute atomic E-state index is 12.1. The highest BCUT2D eigenvalue weighted by Crippen LogP contribution is 2.06. The topological polar surface area (TPSA) is 65.3 Å². The van der Waals surface area contributed by atoms with Crippen molar-refractivity contribution in [1.29, 1.82) is 0 Å². The van der Waals surface area contributed by atoms with Crippen LogP contribution < -0.4 is 11.4 Å². The van der Waals surface area contributed by atoms with Crippen LogP contribution in [0.2, 0.25) is 0 Å². The minimum atomic E-state index is -0.131. The second-order valence-electron chi connectivity index (χ2n) is 4.39. The van der Waals surface area contributed by atoms with Gasteiger partial charge in [0.2, 0.25) is 0 Å². The predicted octanol–water partition coefficient (Wildman–Crippen LogP) is 1.00. The molecule has 19 heavy (non-hydrogen) atoms. The maximum Gasteiger partial charge on any atom is 0.350 e. The van der Waals surface area contributed by atoms with Crippen molar-refractivity contribution in [1.82, 2.24) is 14.2 Å². The zero-order chi connectivity index (χ0) is 13.2. The number of nitrogens with two attached hydrogens (primary N) is 1. The molecule has 5 nitrogen and oxygen atoms in total. The molecule has 0 amide bonds. The van der Waals surface area contributed by atoms with Gasteiger partial charge in [0.25, 0.3) is 0 Å². The molecule has 3 rings (SSSR count). The Morgan fingerprint density at radius 2 is 1.95 bits per heavy atom. The summed E-state index contributed by atoms with van der Waals surface area (Å²) in [7, 11) is 0. The Balaban J connectivity index is 2.01. The van der Waals surface area contributed by atoms with Gasteiger partial charge < -0.3 is 5.73 Å². The van der Waals surface area contributed by atoms with Gasteiger partial charge in [-0.15, -0.1) is 5.10 Å². The van der Waals surface area contributed by atoms with Crippen LogP contribution in [0.25, 0.3) is 5.65 Å². The number of benzene rings is 1. The van der Waals surface area contributed by atoms with E-state index in [-0.39, 0.29) is 5.69 Å². The molecule has 5 heteroatoms. The highest BCUT2D eigenvalue weighted by molar-refractivity contribution is 5.35. The molecule has 0 saturated heterocycles. The van der Waals surface area contributed by atoms with E-state index in [1.807, 2.05) is 42.5 Å². The van der Waals surface area contributed by atoms with Crippen LogP contribution in [0.1, 0.15) is 11.1 Å². The Kier molecular flexibility index (Phi) is 2.89. The fourth-order valence-electron chi connectivity index (χ4n) is 2.10. The number of rotatable bonds is 3. The average Bonchev–Trinajstić information content (AvgIpc) is 2.76. The number of hydrogen-bond acceptors (Lipinski definition) is 3. The lowest BCUT2D eigenvalue weighted by Gasteiger charge is -2.02. The van der Waals surface area contributed by atoms with Crippen LogP contribution in [-0.4, -0.2) is 14.2 Å². The summed E-state index contributed by atoms with van der Waals surface area (Å²) < 4.78 is 3.00. The second kappa shape index (κ2) is 4.70. The zero-order valence-electron chi connectivity index (χ0n) is 10.4. The molecule has 0 fully saturated rings. The Morgan fingerprint density at radius 3 is 2.74 bits per heavy atom. The summed E-state index contributed by atoms with van der Waals surface area (Å²) in [6.45, 7) is 0.947. The standard InChI is InChI=1S/C14H14N4O/c15-9-11-4-3-5-12(8-11)10-18-14(19)17-7-2-1-6-13(17)16-18/h1-8H,9-10,15H2. The lowest BCUT2D eigenvalue weighted by molar-refractivity contribution is 0.658. The average molecular weight is 254 g/mol. The van der Waals surface area contributed by atoms with Crippen molar-refractivity contribution in [3.05, 3.63) is 70.3 Å². The van der Waals surface area contributed by atoms with E-state index < -0.39 is 0 Å². The molecule has 0 aliphatic heterocycles. The molecule has 0 aliphatic carbocycles. The van der Waals surface area contributed by atoms with E-state index in [9.17, 15) is 4.79 Å². The minimum Gasteiger partial charge on any atom is -0.326 e. The van der Waals surface area contributed by atoms with Gasteiger partial charge in [-0.25, -0.2) is 9.48 Å². The number of aromatic nitrogens is 3. The lowest BCUT2D eigenvalue weighted by Crippen LogP contribution is -2.21. The van der Waals surface area contributed by atoms with Crippen molar-refractivity contribution >= 4 is 5.65 Å². The molecular weight excluding hydrogens is 240 g/mol. The van der Waals surface area contributed by atoms with Gasteiger partial charge >= 0.3 is 5.69 Å². The van der Waals surface area contributed by atoms with Gasteiger partial charge in [-0.2, -0.15) is 0 Å². The van der Waals surface area contributed by atoms with Crippen LogP contribution in [-0.2, 0) is 13.1 Å². The van der Waals surface area contributed by atoms with E-state index in [1.54, 1.807) is 6.20 Å². The van der Waals surface area contributed by atoms with Crippen molar-refractivity contribution in [2.45, 2.75) is 13.1 Å². The van der Waals surface area contributed by atoms with E-state index >= 15 is 0 Å². The molecule has 2 aromatic heterocycles. The molecule has 0 aliphatic rings. The Morgan fingerprint density at radius 1 is 1.11 bits per heavy atom. The molecule has 3 aromatic rings. The number of pyridine rings is 1. The fourth-order valence-corrected chi connectivity index (χ4v) is 2.10. The van der Waals surface area contributed by atoms with Crippen LogP contribution >= 0.6 is 0 Å². The van der Waals surface area contributed by atoms with Crippen molar-refractivity contribution < 1.29 is 0 Å². The lowest BCUT2D eigenvalue weighted by atomic mass is 10.1. The highest BCUT2D eigenvalue weighted by atomic mass is 16.2. The van der Waals surface area contributed by atoms with Gasteiger partial charge in [-0.3, -0.25) is 4.40 Å². The van der Waals surface area contributed by atoms with Crippen LogP contribution in [0.5, 0.6) is 0 Å². The van der Waals surface area contributed by atoms with Crippen molar-refractivity contribution in [3.63, 3.8) is 0 Å². The molecule has 0 bridgehead atoms. The number of hydrogen-bond donors (Lipinski definition) is 1. The Bertz CT molecular complexity index is 772. The number of nitrogens with zero attached hydrogens (tertiary/aromatic N) is 3. The highest BCUT2D eigenvalue weighted by Gasteiger charge is 2.06. The van der Waals surface area contributed by atoms with E-state index in [1.165, 1.54) is 9.08 Å². The van der Waals surface area contributed by atoms with Gasteiger partial charge in [0, 0.05) is 12.7 Å². The second-order valence-corrected chi connectivity index (χ2v) is 4.39. The van der Waals surface area contributed by atoms with E-state index in [4.69, 9.17) is 5.73 Å². The van der Waals surface area contributed by atoms with Crippen LogP contribution in [0.15, 0.2) is 53.5 Å². The molecule has 0 saturated carbocycles. The SMILES string of the molecule is NCc1cccc(Cn2nc3ccccn3c2=O)c1. The van der Waals surface area contributed by atoms with Gasteiger partial charge in [0.05, 0.1) is 6.54 Å². The van der Waals surface area contributed by atoms with Crippen LogP contribution in [0.4, 0.5) is 0 Å². The monoisotopic (exact) mass is 254 g/mol. The van der Waals surface area contributed by atoms with Gasteiger partial charge in [-0.1, -0.05) is 30.3 Å². The largest absolute Gasteiger partial charge is 0.350 e. The van der Waals surface area contributed by atoms with E-state index in [2.05, 4.69) is 5.10 Å².